The van der Waals surface area contributed by atoms with Crippen molar-refractivity contribution in [1.29, 1.82) is 0 Å². The minimum Gasteiger partial charge on any atom is -0.356 e. The fraction of sp³-hybridized carbons (Fsp3) is 0.933. The number of amides is 1. The van der Waals surface area contributed by atoms with E-state index in [9.17, 15) is 4.79 Å². The van der Waals surface area contributed by atoms with Crippen molar-refractivity contribution in [3.05, 3.63) is 0 Å². The average molecular weight is 252 g/mol. The lowest BCUT2D eigenvalue weighted by molar-refractivity contribution is -0.126. The van der Waals surface area contributed by atoms with Crippen LogP contribution in [0.5, 0.6) is 0 Å². The van der Waals surface area contributed by atoms with E-state index in [1.54, 1.807) is 0 Å². The molecule has 1 heterocycles. The number of hydrogen-bond donors (Lipinski definition) is 2. The topological polar surface area (TPSA) is 41.1 Å². The fourth-order valence-electron chi connectivity index (χ4n) is 3.21. The highest BCUT2D eigenvalue weighted by molar-refractivity contribution is 5.78. The second-order valence-electron chi connectivity index (χ2n) is 6.18. The molecular weight excluding hydrogens is 224 g/mol. The van der Waals surface area contributed by atoms with Gasteiger partial charge in [-0.15, -0.1) is 0 Å². The van der Waals surface area contributed by atoms with Crippen LogP contribution in [0.3, 0.4) is 0 Å². The first-order valence-electron chi connectivity index (χ1n) is 7.77. The van der Waals surface area contributed by atoms with E-state index in [1.807, 2.05) is 0 Å². The van der Waals surface area contributed by atoms with Gasteiger partial charge in [-0.05, 0) is 57.4 Å². The van der Waals surface area contributed by atoms with Gasteiger partial charge in [-0.1, -0.05) is 13.3 Å². The molecule has 2 rings (SSSR count). The van der Waals surface area contributed by atoms with Gasteiger partial charge >= 0.3 is 0 Å². The van der Waals surface area contributed by atoms with E-state index >= 15 is 0 Å². The Hall–Kier alpha value is -0.570. The number of rotatable bonds is 4. The van der Waals surface area contributed by atoms with Crippen molar-refractivity contribution in [2.75, 3.05) is 13.1 Å². The van der Waals surface area contributed by atoms with Gasteiger partial charge in [0.1, 0.15) is 0 Å². The van der Waals surface area contributed by atoms with Crippen LogP contribution in [0.4, 0.5) is 0 Å². The molecule has 1 aliphatic carbocycles. The second kappa shape index (κ2) is 7.13. The summed E-state index contributed by atoms with van der Waals surface area (Å²) in [4.78, 5) is 12.0. The quantitative estimate of drug-likeness (QED) is 0.807. The number of carbonyl (C=O) groups is 1. The van der Waals surface area contributed by atoms with Crippen LogP contribution in [-0.4, -0.2) is 25.0 Å². The molecule has 0 spiro atoms. The Labute approximate surface area is 111 Å². The fourth-order valence-corrected chi connectivity index (χ4v) is 3.21. The molecule has 0 aromatic carbocycles. The summed E-state index contributed by atoms with van der Waals surface area (Å²) in [5, 5.41) is 6.66. The van der Waals surface area contributed by atoms with E-state index in [-0.39, 0.29) is 0 Å². The first-order valence-corrected chi connectivity index (χ1v) is 7.77. The highest BCUT2D eigenvalue weighted by Crippen LogP contribution is 2.28. The van der Waals surface area contributed by atoms with E-state index < -0.39 is 0 Å². The molecule has 0 aromatic rings. The number of nitrogens with one attached hydrogen (secondary N) is 2. The first kappa shape index (κ1) is 13.9. The summed E-state index contributed by atoms with van der Waals surface area (Å²) < 4.78 is 0. The SMILES string of the molecule is CC1CCC(C(=O)NCCC2CCCCN2)CC1. The Bertz CT molecular complexity index is 253. The van der Waals surface area contributed by atoms with Crippen LogP contribution in [0.25, 0.3) is 0 Å². The van der Waals surface area contributed by atoms with Crippen LogP contribution >= 0.6 is 0 Å². The molecule has 0 aromatic heterocycles. The van der Waals surface area contributed by atoms with Crippen molar-refractivity contribution in [1.82, 2.24) is 10.6 Å². The summed E-state index contributed by atoms with van der Waals surface area (Å²) in [5.41, 5.74) is 0. The molecule has 1 atom stereocenters. The summed E-state index contributed by atoms with van der Waals surface area (Å²) in [7, 11) is 0. The molecule has 2 fully saturated rings. The summed E-state index contributed by atoms with van der Waals surface area (Å²) in [6, 6.07) is 0.630. The third-order valence-electron chi connectivity index (χ3n) is 4.59. The molecule has 0 bridgehead atoms. The summed E-state index contributed by atoms with van der Waals surface area (Å²) in [5.74, 6) is 1.42. The standard InChI is InChI=1S/C15H28N2O/c1-12-5-7-13(8-6-12)15(18)17-11-9-14-4-2-3-10-16-14/h12-14,16H,2-11H2,1H3,(H,17,18). The second-order valence-corrected chi connectivity index (χ2v) is 6.18. The third kappa shape index (κ3) is 4.27. The molecule has 2 N–H and O–H groups in total. The maximum Gasteiger partial charge on any atom is 0.223 e. The molecule has 1 saturated carbocycles. The van der Waals surface area contributed by atoms with E-state index in [4.69, 9.17) is 0 Å². The van der Waals surface area contributed by atoms with Gasteiger partial charge in [0.2, 0.25) is 5.91 Å². The van der Waals surface area contributed by atoms with E-state index in [1.165, 1.54) is 32.1 Å². The normalized spacial score (nSPS) is 33.1. The predicted molar refractivity (Wildman–Crippen MR) is 74.4 cm³/mol. The van der Waals surface area contributed by atoms with Crippen LogP contribution < -0.4 is 10.6 Å². The summed E-state index contributed by atoms with van der Waals surface area (Å²) in [6.07, 6.45) is 9.65. The van der Waals surface area contributed by atoms with Gasteiger partial charge in [0.05, 0.1) is 0 Å². The molecule has 3 nitrogen and oxygen atoms in total. The lowest BCUT2D eigenvalue weighted by atomic mass is 9.82. The van der Waals surface area contributed by atoms with Gasteiger partial charge in [0.15, 0.2) is 0 Å². The van der Waals surface area contributed by atoms with Gasteiger partial charge in [-0.25, -0.2) is 0 Å². The third-order valence-corrected chi connectivity index (χ3v) is 4.59. The van der Waals surface area contributed by atoms with Gasteiger partial charge in [0.25, 0.3) is 0 Å². The molecule has 1 saturated heterocycles. The molecule has 1 aliphatic heterocycles. The predicted octanol–water partition coefficient (Wildman–Crippen LogP) is 2.46. The molecule has 1 unspecified atom stereocenters. The zero-order chi connectivity index (χ0) is 12.8. The lowest BCUT2D eigenvalue weighted by Gasteiger charge is -2.26. The maximum absolute atomic E-state index is 12.0. The van der Waals surface area contributed by atoms with Crippen molar-refractivity contribution < 1.29 is 4.79 Å². The zero-order valence-electron chi connectivity index (χ0n) is 11.7. The maximum atomic E-state index is 12.0. The molecule has 104 valence electrons. The molecule has 2 aliphatic rings. The molecular formula is C15H28N2O. The van der Waals surface area contributed by atoms with Gasteiger partial charge in [0, 0.05) is 18.5 Å². The van der Waals surface area contributed by atoms with E-state index in [0.29, 0.717) is 17.9 Å². The number of hydrogen-bond acceptors (Lipinski definition) is 2. The van der Waals surface area contributed by atoms with Crippen molar-refractivity contribution in [3.63, 3.8) is 0 Å². The van der Waals surface area contributed by atoms with Crippen molar-refractivity contribution in [3.8, 4) is 0 Å². The monoisotopic (exact) mass is 252 g/mol. The minimum absolute atomic E-state index is 0.292. The average Bonchev–Trinajstić information content (AvgIpc) is 2.40. The van der Waals surface area contributed by atoms with Gasteiger partial charge in [-0.3, -0.25) is 4.79 Å². The Morgan fingerprint density at radius 3 is 2.61 bits per heavy atom. The largest absolute Gasteiger partial charge is 0.356 e. The van der Waals surface area contributed by atoms with Crippen molar-refractivity contribution >= 4 is 5.91 Å². The smallest absolute Gasteiger partial charge is 0.223 e. The van der Waals surface area contributed by atoms with Gasteiger partial charge < -0.3 is 10.6 Å². The van der Waals surface area contributed by atoms with E-state index in [2.05, 4.69) is 17.6 Å². The van der Waals surface area contributed by atoms with Crippen LogP contribution in [0.15, 0.2) is 0 Å². The Morgan fingerprint density at radius 2 is 1.94 bits per heavy atom. The highest BCUT2D eigenvalue weighted by atomic mass is 16.1. The van der Waals surface area contributed by atoms with Crippen LogP contribution in [0.2, 0.25) is 0 Å². The minimum atomic E-state index is 0.292. The molecule has 1 amide bonds. The van der Waals surface area contributed by atoms with Crippen molar-refractivity contribution in [2.45, 2.75) is 64.3 Å². The molecule has 18 heavy (non-hydrogen) atoms. The Kier molecular flexibility index (Phi) is 5.48. The van der Waals surface area contributed by atoms with Crippen LogP contribution in [0, 0.1) is 11.8 Å². The molecule has 3 heteroatoms. The zero-order valence-corrected chi connectivity index (χ0v) is 11.7. The number of carbonyl (C=O) groups excluding carboxylic acids is 1. The first-order chi connectivity index (χ1) is 8.75. The number of piperidine rings is 1. The molecule has 0 radical (unpaired) electrons. The van der Waals surface area contributed by atoms with Crippen molar-refractivity contribution in [2.24, 2.45) is 11.8 Å². The van der Waals surface area contributed by atoms with Crippen LogP contribution in [0.1, 0.15) is 58.3 Å². The summed E-state index contributed by atoms with van der Waals surface area (Å²) >= 11 is 0. The summed E-state index contributed by atoms with van der Waals surface area (Å²) in [6.45, 7) is 4.30. The van der Waals surface area contributed by atoms with Crippen LogP contribution in [-0.2, 0) is 4.79 Å². The van der Waals surface area contributed by atoms with Gasteiger partial charge in [-0.2, -0.15) is 0 Å². The lowest BCUT2D eigenvalue weighted by Crippen LogP contribution is -2.39. The Morgan fingerprint density at radius 1 is 1.17 bits per heavy atom. The highest BCUT2D eigenvalue weighted by Gasteiger charge is 2.24. The van der Waals surface area contributed by atoms with E-state index in [0.717, 1.165) is 38.3 Å². The Balaban J connectivity index is 1.59.